The van der Waals surface area contributed by atoms with Crippen LogP contribution in [0.4, 0.5) is 0 Å². The number of nitrogens with one attached hydrogen (secondary N) is 1. The Morgan fingerprint density at radius 1 is 1.42 bits per heavy atom. The van der Waals surface area contributed by atoms with Gasteiger partial charge in [-0.2, -0.15) is 0 Å². The number of piperidine rings is 1. The molecule has 1 atom stereocenters. The third kappa shape index (κ3) is 3.55. The summed E-state index contributed by atoms with van der Waals surface area (Å²) < 4.78 is 26.4. The second-order valence-corrected chi connectivity index (χ2v) is 7.20. The average Bonchev–Trinajstić information content (AvgIpc) is 2.75. The normalized spacial score (nSPS) is 20.6. The zero-order valence-electron chi connectivity index (χ0n) is 11.7. The van der Waals surface area contributed by atoms with Crippen LogP contribution in [0.3, 0.4) is 0 Å². The fourth-order valence-corrected chi connectivity index (χ4v) is 3.45. The Morgan fingerprint density at radius 2 is 2.05 bits per heavy atom. The van der Waals surface area contributed by atoms with E-state index in [1.165, 1.54) is 6.26 Å². The predicted octanol–water partition coefficient (Wildman–Crippen LogP) is 0.495. The number of sulfonamides is 1. The maximum Gasteiger partial charge on any atom is 0.211 e. The molecular weight excluding hydrogens is 264 g/mol. The van der Waals surface area contributed by atoms with Gasteiger partial charge in [0.05, 0.1) is 12.3 Å². The topological polar surface area (TPSA) is 67.2 Å². The molecular formula is C12H22N4O2S. The minimum Gasteiger partial charge on any atom is -0.337 e. The first-order valence-corrected chi connectivity index (χ1v) is 8.41. The second kappa shape index (κ2) is 5.60. The Kier molecular flexibility index (Phi) is 4.27. The second-order valence-electron chi connectivity index (χ2n) is 5.22. The Labute approximate surface area is 114 Å². The van der Waals surface area contributed by atoms with Gasteiger partial charge in [-0.1, -0.05) is 0 Å². The Hall–Kier alpha value is -0.920. The molecule has 1 N–H and O–H groups in total. The van der Waals surface area contributed by atoms with Crippen LogP contribution in [0.5, 0.6) is 0 Å². The number of imidazole rings is 1. The number of hydrogen-bond donors (Lipinski definition) is 1. The molecule has 0 spiro atoms. The first-order valence-electron chi connectivity index (χ1n) is 6.56. The first kappa shape index (κ1) is 14.5. The Morgan fingerprint density at radius 3 is 2.53 bits per heavy atom. The van der Waals surface area contributed by atoms with E-state index in [1.54, 1.807) is 10.5 Å². The van der Waals surface area contributed by atoms with Gasteiger partial charge in [0.15, 0.2) is 0 Å². The molecule has 108 valence electrons. The van der Waals surface area contributed by atoms with E-state index in [4.69, 9.17) is 0 Å². The monoisotopic (exact) mass is 286 g/mol. The van der Waals surface area contributed by atoms with E-state index >= 15 is 0 Å². The predicted molar refractivity (Wildman–Crippen MR) is 74.2 cm³/mol. The summed E-state index contributed by atoms with van der Waals surface area (Å²) in [6, 6.07) is 0.527. The summed E-state index contributed by atoms with van der Waals surface area (Å²) >= 11 is 0. The lowest BCUT2D eigenvalue weighted by Crippen LogP contribution is -2.45. The average molecular weight is 286 g/mol. The fraction of sp³-hybridized carbons (Fsp3) is 0.750. The van der Waals surface area contributed by atoms with Crippen molar-refractivity contribution in [3.8, 4) is 0 Å². The summed E-state index contributed by atoms with van der Waals surface area (Å²) in [7, 11) is -1.06. The molecule has 2 heterocycles. The highest BCUT2D eigenvalue weighted by molar-refractivity contribution is 7.88. The van der Waals surface area contributed by atoms with Crippen LogP contribution in [0.2, 0.25) is 0 Å². The van der Waals surface area contributed by atoms with Crippen molar-refractivity contribution >= 4 is 10.0 Å². The maximum absolute atomic E-state index is 11.4. The zero-order valence-corrected chi connectivity index (χ0v) is 12.5. The van der Waals surface area contributed by atoms with E-state index in [1.807, 2.05) is 17.8 Å². The SMILES string of the molecule is CC(NC1CCN(S(C)(=O)=O)CC1)c1nccn1C. The quantitative estimate of drug-likeness (QED) is 0.875. The van der Waals surface area contributed by atoms with Gasteiger partial charge in [0.1, 0.15) is 5.82 Å². The fourth-order valence-electron chi connectivity index (χ4n) is 2.58. The Bertz CT molecular complexity index is 518. The molecule has 0 aromatic carbocycles. The van der Waals surface area contributed by atoms with Gasteiger partial charge in [-0.15, -0.1) is 0 Å². The standard InChI is InChI=1S/C12H22N4O2S/c1-10(12-13-6-9-15(12)2)14-11-4-7-16(8-5-11)19(3,17)18/h6,9-11,14H,4-5,7-8H2,1-3H3. The van der Waals surface area contributed by atoms with E-state index in [0.717, 1.165) is 18.7 Å². The van der Waals surface area contributed by atoms with Gasteiger partial charge in [0, 0.05) is 38.6 Å². The van der Waals surface area contributed by atoms with Crippen LogP contribution in [0, 0.1) is 0 Å². The van der Waals surface area contributed by atoms with Crippen molar-refractivity contribution in [2.75, 3.05) is 19.3 Å². The molecule has 1 aliphatic heterocycles. The van der Waals surface area contributed by atoms with E-state index < -0.39 is 10.0 Å². The van der Waals surface area contributed by atoms with Crippen molar-refractivity contribution in [1.29, 1.82) is 0 Å². The highest BCUT2D eigenvalue weighted by Crippen LogP contribution is 2.17. The third-order valence-electron chi connectivity index (χ3n) is 3.65. The summed E-state index contributed by atoms with van der Waals surface area (Å²) in [5, 5.41) is 3.53. The van der Waals surface area contributed by atoms with Crippen molar-refractivity contribution in [2.45, 2.75) is 31.8 Å². The summed E-state index contributed by atoms with van der Waals surface area (Å²) in [5.74, 6) is 1.01. The molecule has 1 unspecified atom stereocenters. The van der Waals surface area contributed by atoms with Crippen molar-refractivity contribution in [3.05, 3.63) is 18.2 Å². The van der Waals surface area contributed by atoms with Crippen LogP contribution in [0.15, 0.2) is 12.4 Å². The molecule has 2 rings (SSSR count). The highest BCUT2D eigenvalue weighted by atomic mass is 32.2. The molecule has 1 aromatic heterocycles. The lowest BCUT2D eigenvalue weighted by molar-refractivity contribution is 0.275. The molecule has 0 amide bonds. The van der Waals surface area contributed by atoms with E-state index in [0.29, 0.717) is 19.1 Å². The van der Waals surface area contributed by atoms with Crippen LogP contribution < -0.4 is 5.32 Å². The molecule has 1 aliphatic rings. The Balaban J connectivity index is 1.88. The van der Waals surface area contributed by atoms with Crippen LogP contribution in [-0.2, 0) is 17.1 Å². The van der Waals surface area contributed by atoms with Gasteiger partial charge in [0.25, 0.3) is 0 Å². The van der Waals surface area contributed by atoms with Gasteiger partial charge in [0.2, 0.25) is 10.0 Å². The molecule has 7 heteroatoms. The van der Waals surface area contributed by atoms with E-state index in [9.17, 15) is 8.42 Å². The summed E-state index contributed by atoms with van der Waals surface area (Å²) in [6.07, 6.45) is 6.69. The minimum absolute atomic E-state index is 0.176. The largest absolute Gasteiger partial charge is 0.337 e. The van der Waals surface area contributed by atoms with Crippen LogP contribution in [0.1, 0.15) is 31.6 Å². The number of aromatic nitrogens is 2. The number of nitrogens with zero attached hydrogens (tertiary/aromatic N) is 3. The molecule has 0 radical (unpaired) electrons. The molecule has 1 fully saturated rings. The zero-order chi connectivity index (χ0) is 14.0. The molecule has 6 nitrogen and oxygen atoms in total. The molecule has 1 aromatic rings. The summed E-state index contributed by atoms with van der Waals surface area (Å²) in [6.45, 7) is 3.29. The van der Waals surface area contributed by atoms with Gasteiger partial charge in [-0.05, 0) is 19.8 Å². The molecule has 1 saturated heterocycles. The minimum atomic E-state index is -3.04. The number of hydrogen-bond acceptors (Lipinski definition) is 4. The molecule has 0 bridgehead atoms. The van der Waals surface area contributed by atoms with Crippen LogP contribution in [-0.4, -0.2) is 47.7 Å². The van der Waals surface area contributed by atoms with Crippen molar-refractivity contribution in [1.82, 2.24) is 19.2 Å². The number of aryl methyl sites for hydroxylation is 1. The van der Waals surface area contributed by atoms with Crippen molar-refractivity contribution < 1.29 is 8.42 Å². The van der Waals surface area contributed by atoms with Gasteiger partial charge >= 0.3 is 0 Å². The number of rotatable bonds is 4. The van der Waals surface area contributed by atoms with Gasteiger partial charge in [-0.25, -0.2) is 17.7 Å². The van der Waals surface area contributed by atoms with Crippen molar-refractivity contribution in [3.63, 3.8) is 0 Å². The first-order chi connectivity index (χ1) is 8.88. The smallest absolute Gasteiger partial charge is 0.211 e. The maximum atomic E-state index is 11.4. The van der Waals surface area contributed by atoms with Crippen LogP contribution >= 0.6 is 0 Å². The van der Waals surface area contributed by atoms with Crippen LogP contribution in [0.25, 0.3) is 0 Å². The highest BCUT2D eigenvalue weighted by Gasteiger charge is 2.26. The molecule has 19 heavy (non-hydrogen) atoms. The van der Waals surface area contributed by atoms with E-state index in [-0.39, 0.29) is 6.04 Å². The molecule has 0 saturated carbocycles. The lowest BCUT2D eigenvalue weighted by Gasteiger charge is -2.32. The lowest BCUT2D eigenvalue weighted by atomic mass is 10.1. The summed E-state index contributed by atoms with van der Waals surface area (Å²) in [5.41, 5.74) is 0. The van der Waals surface area contributed by atoms with E-state index in [2.05, 4.69) is 17.2 Å². The van der Waals surface area contributed by atoms with Crippen molar-refractivity contribution in [2.24, 2.45) is 7.05 Å². The summed E-state index contributed by atoms with van der Waals surface area (Å²) in [4.78, 5) is 4.33. The van der Waals surface area contributed by atoms with Gasteiger partial charge < -0.3 is 9.88 Å². The third-order valence-corrected chi connectivity index (χ3v) is 4.96. The molecule has 0 aliphatic carbocycles. The van der Waals surface area contributed by atoms with Gasteiger partial charge in [-0.3, -0.25) is 0 Å².